The third-order valence-corrected chi connectivity index (χ3v) is 5.15. The summed E-state index contributed by atoms with van der Waals surface area (Å²) >= 11 is 0. The van der Waals surface area contributed by atoms with Gasteiger partial charge in [-0.25, -0.2) is 0 Å². The second-order valence-electron chi connectivity index (χ2n) is 3.40. The van der Waals surface area contributed by atoms with Gasteiger partial charge in [0.2, 0.25) is 5.91 Å². The molecule has 0 radical (unpaired) electrons. The van der Waals surface area contributed by atoms with Gasteiger partial charge in [0.1, 0.15) is 0 Å². The average Bonchev–Trinajstić information content (AvgIpc) is 2.05. The van der Waals surface area contributed by atoms with Crippen LogP contribution in [0.2, 0.25) is 0 Å². The summed E-state index contributed by atoms with van der Waals surface area (Å²) in [5.41, 5.74) is 10.6. The van der Waals surface area contributed by atoms with Crippen molar-refractivity contribution < 1.29 is 22.3 Å². The molecule has 0 aromatic rings. The molecule has 0 bridgehead atoms. The fourth-order valence-corrected chi connectivity index (χ4v) is 3.99. The number of hydrogen-bond acceptors (Lipinski definition) is 5. The van der Waals surface area contributed by atoms with Crippen LogP contribution in [0.4, 0.5) is 0 Å². The highest BCUT2D eigenvalue weighted by Gasteiger charge is 2.38. The quantitative estimate of drug-likeness (QED) is 0.356. The minimum atomic E-state index is -4.74. The number of nitrogens with one attached hydrogen (secondary N) is 1. The van der Waals surface area contributed by atoms with E-state index in [9.17, 15) is 17.8 Å². The van der Waals surface area contributed by atoms with Gasteiger partial charge >= 0.3 is 17.9 Å². The SMILES string of the molecule is N[C@@H]1CCCN(P(N)(=O)NS(=O)(=O)O)C1=O. The number of hydrogen-bond donors (Lipinski definition) is 4. The van der Waals surface area contributed by atoms with Gasteiger partial charge in [-0.2, -0.15) is 8.42 Å². The van der Waals surface area contributed by atoms with E-state index in [1.165, 1.54) is 4.49 Å². The van der Waals surface area contributed by atoms with Crippen molar-refractivity contribution in [2.24, 2.45) is 11.2 Å². The zero-order valence-corrected chi connectivity index (χ0v) is 9.95. The topological polar surface area (TPSA) is 156 Å². The Morgan fingerprint density at radius 1 is 1.56 bits per heavy atom. The molecule has 1 aliphatic heterocycles. The minimum Gasteiger partial charge on any atom is -0.320 e. The molecule has 2 atom stereocenters. The molecule has 6 N–H and O–H groups in total. The van der Waals surface area contributed by atoms with E-state index in [1.54, 1.807) is 0 Å². The standard InChI is InChI=1S/C5H13N4O5PS/c6-4-2-1-3-9(5(4)10)15(7,11)8-16(12,13)14/h4H,1-3,6H2,(H3,7,8,11)(H,12,13,14)/t4-,15?/m1/s1. The van der Waals surface area contributed by atoms with Crippen LogP contribution in [0.1, 0.15) is 12.8 Å². The highest BCUT2D eigenvalue weighted by atomic mass is 32.2. The molecule has 1 heterocycles. The van der Waals surface area contributed by atoms with E-state index < -0.39 is 29.8 Å². The van der Waals surface area contributed by atoms with Gasteiger partial charge in [0.15, 0.2) is 0 Å². The average molecular weight is 272 g/mol. The maximum absolute atomic E-state index is 11.7. The van der Waals surface area contributed by atoms with Gasteiger partial charge in [0.05, 0.1) is 6.04 Å². The summed E-state index contributed by atoms with van der Waals surface area (Å²) in [4.78, 5) is 11.5. The molecular formula is C5H13N4O5PS. The maximum Gasteiger partial charge on any atom is 0.341 e. The molecule has 94 valence electrons. The van der Waals surface area contributed by atoms with Crippen LogP contribution in [0.25, 0.3) is 0 Å². The van der Waals surface area contributed by atoms with E-state index in [0.717, 1.165) is 0 Å². The molecule has 0 spiro atoms. The van der Waals surface area contributed by atoms with Crippen LogP contribution in [0, 0.1) is 0 Å². The second kappa shape index (κ2) is 4.40. The highest BCUT2D eigenvalue weighted by Crippen LogP contribution is 2.39. The lowest BCUT2D eigenvalue weighted by Crippen LogP contribution is -2.50. The monoisotopic (exact) mass is 272 g/mol. The lowest BCUT2D eigenvalue weighted by Gasteiger charge is -2.33. The molecule has 1 fully saturated rings. The highest BCUT2D eigenvalue weighted by molar-refractivity contribution is 7.90. The van der Waals surface area contributed by atoms with Gasteiger partial charge in [-0.3, -0.25) is 24.1 Å². The lowest BCUT2D eigenvalue weighted by atomic mass is 10.1. The zero-order chi connectivity index (χ0) is 12.6. The maximum atomic E-state index is 11.7. The number of carbonyl (C=O) groups excluding carboxylic acids is 1. The number of nitrogens with zero attached hydrogens (tertiary/aromatic N) is 1. The van der Waals surface area contributed by atoms with Gasteiger partial charge < -0.3 is 5.73 Å². The first-order chi connectivity index (χ1) is 7.13. The van der Waals surface area contributed by atoms with Gasteiger partial charge in [-0.1, -0.05) is 0 Å². The van der Waals surface area contributed by atoms with Crippen LogP contribution < -0.4 is 15.7 Å². The lowest BCUT2D eigenvalue weighted by molar-refractivity contribution is -0.129. The normalized spacial score (nSPS) is 26.6. The molecule has 0 aliphatic carbocycles. The number of nitrogens with two attached hydrogens (primary N) is 2. The Hall–Kier alpha value is -0.510. The van der Waals surface area contributed by atoms with Crippen molar-refractivity contribution in [2.45, 2.75) is 18.9 Å². The van der Waals surface area contributed by atoms with E-state index >= 15 is 0 Å². The van der Waals surface area contributed by atoms with Crippen LogP contribution in [-0.4, -0.2) is 36.1 Å². The number of rotatable bonds is 3. The summed E-state index contributed by atoms with van der Waals surface area (Å²) in [5, 5.41) is 0. The summed E-state index contributed by atoms with van der Waals surface area (Å²) in [6.07, 6.45) is 0.877. The molecule has 0 aromatic heterocycles. The van der Waals surface area contributed by atoms with E-state index in [1.807, 2.05) is 0 Å². The van der Waals surface area contributed by atoms with Crippen molar-refractivity contribution in [3.8, 4) is 0 Å². The second-order valence-corrected chi connectivity index (χ2v) is 6.81. The third kappa shape index (κ3) is 3.24. The minimum absolute atomic E-state index is 0.0306. The Kier molecular flexibility index (Phi) is 3.72. The molecule has 1 unspecified atom stereocenters. The van der Waals surface area contributed by atoms with Crippen LogP contribution in [0.5, 0.6) is 0 Å². The molecule has 0 saturated carbocycles. The first kappa shape index (κ1) is 13.6. The Bertz CT molecular complexity index is 436. The Morgan fingerprint density at radius 2 is 2.12 bits per heavy atom. The predicted molar refractivity (Wildman–Crippen MR) is 55.4 cm³/mol. The molecule has 1 rings (SSSR count). The van der Waals surface area contributed by atoms with E-state index in [-0.39, 0.29) is 6.54 Å². The third-order valence-electron chi connectivity index (χ3n) is 2.06. The number of piperidine rings is 1. The number of amides is 1. The predicted octanol–water partition coefficient (Wildman–Crippen LogP) is -1.60. The fraction of sp³-hybridized carbons (Fsp3) is 0.800. The van der Waals surface area contributed by atoms with Crippen molar-refractivity contribution in [1.29, 1.82) is 0 Å². The van der Waals surface area contributed by atoms with E-state index in [4.69, 9.17) is 15.8 Å². The smallest absolute Gasteiger partial charge is 0.320 e. The summed E-state index contributed by atoms with van der Waals surface area (Å²) in [7, 11) is -8.91. The van der Waals surface area contributed by atoms with E-state index in [0.29, 0.717) is 17.5 Å². The molecule has 16 heavy (non-hydrogen) atoms. The van der Waals surface area contributed by atoms with Crippen LogP contribution >= 0.6 is 7.59 Å². The summed E-state index contributed by atoms with van der Waals surface area (Å²) < 4.78 is 43.2. The Morgan fingerprint density at radius 3 is 2.62 bits per heavy atom. The van der Waals surface area contributed by atoms with Crippen molar-refractivity contribution >= 4 is 23.8 Å². The summed E-state index contributed by atoms with van der Waals surface area (Å²) in [6, 6.07) is -0.853. The molecule has 1 aliphatic rings. The van der Waals surface area contributed by atoms with Gasteiger partial charge in [0.25, 0.3) is 0 Å². The van der Waals surface area contributed by atoms with E-state index in [2.05, 4.69) is 0 Å². The molecule has 1 saturated heterocycles. The summed E-state index contributed by atoms with van der Waals surface area (Å²) in [6.45, 7) is 0.0306. The van der Waals surface area contributed by atoms with Gasteiger partial charge in [0, 0.05) is 6.54 Å². The van der Waals surface area contributed by atoms with Crippen molar-refractivity contribution in [3.05, 3.63) is 0 Å². The molecular weight excluding hydrogens is 259 g/mol. The van der Waals surface area contributed by atoms with Gasteiger partial charge in [-0.05, 0) is 12.8 Å². The van der Waals surface area contributed by atoms with Crippen molar-refractivity contribution in [1.82, 2.24) is 9.16 Å². The Labute approximate surface area is 92.6 Å². The molecule has 11 heteroatoms. The fourth-order valence-electron chi connectivity index (χ4n) is 1.40. The van der Waals surface area contributed by atoms with Crippen LogP contribution in [0.3, 0.4) is 0 Å². The zero-order valence-electron chi connectivity index (χ0n) is 8.24. The molecule has 9 nitrogen and oxygen atoms in total. The number of carbonyl (C=O) groups is 1. The van der Waals surface area contributed by atoms with Crippen molar-refractivity contribution in [2.75, 3.05) is 6.54 Å². The first-order valence-corrected chi connectivity index (χ1v) is 7.53. The molecule has 1 amide bonds. The van der Waals surface area contributed by atoms with Crippen molar-refractivity contribution in [3.63, 3.8) is 0 Å². The molecule has 0 aromatic carbocycles. The largest absolute Gasteiger partial charge is 0.341 e. The van der Waals surface area contributed by atoms with Crippen LogP contribution in [0.15, 0.2) is 0 Å². The Balaban J connectivity index is 2.91. The first-order valence-electron chi connectivity index (χ1n) is 4.36. The van der Waals surface area contributed by atoms with Gasteiger partial charge in [-0.15, -0.1) is 4.49 Å². The van der Waals surface area contributed by atoms with Crippen LogP contribution in [-0.2, 0) is 19.7 Å². The summed E-state index contributed by atoms with van der Waals surface area (Å²) in [5.74, 6) is -0.701.